The molecule has 0 unspecified atom stereocenters. The third kappa shape index (κ3) is 5.39. The number of azo groups is 1. The van der Waals surface area contributed by atoms with Gasteiger partial charge in [0.25, 0.3) is 5.69 Å². The van der Waals surface area contributed by atoms with E-state index in [0.717, 1.165) is 11.5 Å². The monoisotopic (exact) mass is 467 g/mol. The number of nitro benzene ring substituents is 1. The summed E-state index contributed by atoms with van der Waals surface area (Å²) in [6.45, 7) is 4.46. The molecule has 11 nitrogen and oxygen atoms in total. The number of nitrogens with one attached hydrogen (secondary N) is 1. The molecule has 2 aromatic carbocycles. The average molecular weight is 468 g/mol. The normalized spacial score (nSPS) is 10.8. The Morgan fingerprint density at radius 3 is 2.79 bits per heavy atom. The maximum Gasteiger partial charge on any atom is 0.270 e. The van der Waals surface area contributed by atoms with E-state index in [-0.39, 0.29) is 11.6 Å². The van der Waals surface area contributed by atoms with Crippen molar-refractivity contribution in [2.75, 3.05) is 30.4 Å². The van der Waals surface area contributed by atoms with Crippen molar-refractivity contribution < 1.29 is 14.5 Å². The number of rotatable bonds is 9. The molecule has 12 heteroatoms. The fourth-order valence-electron chi connectivity index (χ4n) is 3.18. The number of fused-ring (bicyclic) bond motifs is 1. The molecule has 1 N–H and O–H groups in total. The Morgan fingerprint density at radius 1 is 1.36 bits per heavy atom. The molecular weight excluding hydrogens is 446 g/mol. The van der Waals surface area contributed by atoms with Gasteiger partial charge < -0.3 is 15.0 Å². The van der Waals surface area contributed by atoms with E-state index < -0.39 is 4.92 Å². The van der Waals surface area contributed by atoms with Gasteiger partial charge in [0.05, 0.1) is 41.4 Å². The largest absolute Gasteiger partial charge is 0.494 e. The Kier molecular flexibility index (Phi) is 7.47. The van der Waals surface area contributed by atoms with Crippen molar-refractivity contribution in [3.05, 3.63) is 40.4 Å². The second-order valence-corrected chi connectivity index (χ2v) is 7.61. The van der Waals surface area contributed by atoms with Crippen LogP contribution in [0.5, 0.6) is 5.75 Å². The number of nitro groups is 1. The van der Waals surface area contributed by atoms with Gasteiger partial charge in [0.1, 0.15) is 11.4 Å². The number of ether oxygens (including phenoxy) is 1. The Labute approximate surface area is 193 Å². The number of anilines is 2. The van der Waals surface area contributed by atoms with Crippen molar-refractivity contribution in [1.29, 1.82) is 5.26 Å². The lowest BCUT2D eigenvalue weighted by Gasteiger charge is -2.25. The lowest BCUT2D eigenvalue weighted by atomic mass is 10.2. The van der Waals surface area contributed by atoms with Crippen LogP contribution in [0.3, 0.4) is 0 Å². The fraction of sp³-hybridized carbons (Fsp3) is 0.286. The highest BCUT2D eigenvalue weighted by Crippen LogP contribution is 2.41. The number of methoxy groups -OCH3 is 1. The van der Waals surface area contributed by atoms with Gasteiger partial charge in [-0.2, -0.15) is 9.64 Å². The number of aromatic nitrogens is 1. The summed E-state index contributed by atoms with van der Waals surface area (Å²) in [5.74, 6) is 0.212. The smallest absolute Gasteiger partial charge is 0.270 e. The van der Waals surface area contributed by atoms with E-state index >= 15 is 0 Å². The third-order valence-electron chi connectivity index (χ3n) is 4.72. The number of benzene rings is 2. The second-order valence-electron chi connectivity index (χ2n) is 6.86. The molecule has 0 aliphatic rings. The summed E-state index contributed by atoms with van der Waals surface area (Å²) >= 11 is 1.06. The molecule has 0 saturated heterocycles. The SMILES string of the molecule is CCN(CCC#N)c1cc(NC(C)=O)c(N=Nc2snc3ccc([N+](=O)[O-])cc23)cc1OC. The molecule has 170 valence electrons. The van der Waals surface area contributed by atoms with Crippen LogP contribution in [0.1, 0.15) is 20.3 Å². The molecule has 0 spiro atoms. The first-order valence-electron chi connectivity index (χ1n) is 9.95. The molecule has 1 aromatic heterocycles. The standard InChI is InChI=1S/C21H21N7O4S/c1-4-27(9-5-8-22)19-11-17(23-13(2)29)18(12-20(19)32-3)24-25-21-15-10-14(28(30)31)6-7-16(15)26-33-21/h6-7,10-12H,4-5,9H2,1-3H3,(H,23,29). The van der Waals surface area contributed by atoms with Gasteiger partial charge in [-0.15, -0.1) is 10.2 Å². The van der Waals surface area contributed by atoms with E-state index in [9.17, 15) is 14.9 Å². The van der Waals surface area contributed by atoms with Crippen molar-refractivity contribution in [3.63, 3.8) is 0 Å². The summed E-state index contributed by atoms with van der Waals surface area (Å²) in [6.07, 6.45) is 0.332. The van der Waals surface area contributed by atoms with Crippen LogP contribution < -0.4 is 15.0 Å². The van der Waals surface area contributed by atoms with Crippen LogP contribution in [-0.4, -0.2) is 35.4 Å². The van der Waals surface area contributed by atoms with E-state index in [1.54, 1.807) is 18.2 Å². The zero-order valence-electron chi connectivity index (χ0n) is 18.2. The number of non-ortho nitro benzene ring substituents is 1. The molecule has 1 heterocycles. The van der Waals surface area contributed by atoms with E-state index in [1.165, 1.54) is 26.2 Å². The summed E-state index contributed by atoms with van der Waals surface area (Å²) in [7, 11) is 1.52. The highest BCUT2D eigenvalue weighted by atomic mass is 32.1. The minimum absolute atomic E-state index is 0.0684. The molecule has 1 amide bonds. The molecule has 3 aromatic rings. The van der Waals surface area contributed by atoms with Crippen LogP contribution >= 0.6 is 11.5 Å². The van der Waals surface area contributed by atoms with Crippen LogP contribution in [-0.2, 0) is 4.79 Å². The quantitative estimate of drug-likeness (QED) is 0.254. The minimum atomic E-state index is -0.484. The van der Waals surface area contributed by atoms with Crippen LogP contribution in [0.4, 0.5) is 27.8 Å². The highest BCUT2D eigenvalue weighted by molar-refractivity contribution is 7.11. The van der Waals surface area contributed by atoms with Gasteiger partial charge in [0.15, 0.2) is 5.00 Å². The second kappa shape index (κ2) is 10.5. The maximum absolute atomic E-state index is 11.8. The Morgan fingerprint density at radius 2 is 2.15 bits per heavy atom. The summed E-state index contributed by atoms with van der Waals surface area (Å²) in [5, 5.41) is 32.3. The maximum atomic E-state index is 11.8. The van der Waals surface area contributed by atoms with Crippen LogP contribution in [0.25, 0.3) is 10.9 Å². The van der Waals surface area contributed by atoms with Gasteiger partial charge in [0, 0.05) is 43.6 Å². The van der Waals surface area contributed by atoms with Crippen LogP contribution in [0.2, 0.25) is 0 Å². The predicted molar refractivity (Wildman–Crippen MR) is 126 cm³/mol. The van der Waals surface area contributed by atoms with Crippen molar-refractivity contribution in [2.45, 2.75) is 20.3 Å². The first-order valence-corrected chi connectivity index (χ1v) is 10.7. The summed E-state index contributed by atoms with van der Waals surface area (Å²) in [5.41, 5.74) is 1.97. The zero-order chi connectivity index (χ0) is 24.0. The third-order valence-corrected chi connectivity index (χ3v) is 5.49. The number of nitriles is 1. The molecule has 33 heavy (non-hydrogen) atoms. The predicted octanol–water partition coefficient (Wildman–Crippen LogP) is 5.33. The number of carbonyl (C=O) groups excluding carboxylic acids is 1. The van der Waals surface area contributed by atoms with E-state index in [0.29, 0.717) is 58.2 Å². The molecule has 0 aliphatic carbocycles. The molecule has 0 saturated carbocycles. The van der Waals surface area contributed by atoms with Gasteiger partial charge >= 0.3 is 0 Å². The Bertz CT molecular complexity index is 1270. The van der Waals surface area contributed by atoms with Gasteiger partial charge in [-0.1, -0.05) is 0 Å². The fourth-order valence-corrected chi connectivity index (χ4v) is 3.86. The van der Waals surface area contributed by atoms with Gasteiger partial charge in [-0.05, 0) is 30.6 Å². The zero-order valence-corrected chi connectivity index (χ0v) is 19.0. The van der Waals surface area contributed by atoms with Crippen LogP contribution in [0, 0.1) is 21.4 Å². The number of nitrogens with zero attached hydrogens (tertiary/aromatic N) is 6. The summed E-state index contributed by atoms with van der Waals surface area (Å²) in [4.78, 5) is 24.4. The Balaban J connectivity index is 2.06. The van der Waals surface area contributed by atoms with Crippen molar-refractivity contribution >= 4 is 56.1 Å². The number of amides is 1. The molecular formula is C21H21N7O4S. The summed E-state index contributed by atoms with van der Waals surface area (Å²) in [6, 6.07) is 9.84. The van der Waals surface area contributed by atoms with Crippen LogP contribution in [0.15, 0.2) is 40.6 Å². The lowest BCUT2D eigenvalue weighted by Crippen LogP contribution is -2.24. The van der Waals surface area contributed by atoms with Crippen molar-refractivity contribution in [1.82, 2.24) is 4.37 Å². The first kappa shape index (κ1) is 23.6. The first-order chi connectivity index (χ1) is 15.9. The van der Waals surface area contributed by atoms with Crippen molar-refractivity contribution in [2.24, 2.45) is 10.2 Å². The summed E-state index contributed by atoms with van der Waals surface area (Å²) < 4.78 is 9.79. The van der Waals surface area contributed by atoms with Gasteiger partial charge in [-0.25, -0.2) is 0 Å². The van der Waals surface area contributed by atoms with Gasteiger partial charge in [0.2, 0.25) is 5.91 Å². The minimum Gasteiger partial charge on any atom is -0.494 e. The lowest BCUT2D eigenvalue weighted by molar-refractivity contribution is -0.384. The van der Waals surface area contributed by atoms with Gasteiger partial charge in [-0.3, -0.25) is 14.9 Å². The highest BCUT2D eigenvalue weighted by Gasteiger charge is 2.17. The molecule has 3 rings (SSSR count). The van der Waals surface area contributed by atoms with Crippen molar-refractivity contribution in [3.8, 4) is 11.8 Å². The topological polar surface area (TPSA) is 146 Å². The molecule has 0 atom stereocenters. The van der Waals surface area contributed by atoms with E-state index in [1.807, 2.05) is 11.8 Å². The van der Waals surface area contributed by atoms with E-state index in [4.69, 9.17) is 10.00 Å². The average Bonchev–Trinajstić information content (AvgIpc) is 3.20. The number of hydrogen-bond donors (Lipinski definition) is 1. The molecule has 0 aliphatic heterocycles. The molecule has 0 fully saturated rings. The molecule has 0 radical (unpaired) electrons. The van der Waals surface area contributed by atoms with E-state index in [2.05, 4.69) is 26.0 Å². The number of hydrogen-bond acceptors (Lipinski definition) is 10. The Hall–Kier alpha value is -4.11. The number of carbonyl (C=O) groups is 1. The molecule has 0 bridgehead atoms.